The van der Waals surface area contributed by atoms with Crippen LogP contribution in [0.15, 0.2) is 18.3 Å². The lowest BCUT2D eigenvalue weighted by molar-refractivity contribution is 0.242. The first kappa shape index (κ1) is 13.1. The highest BCUT2D eigenvalue weighted by molar-refractivity contribution is 5.52. The second kappa shape index (κ2) is 6.05. The van der Waals surface area contributed by atoms with Gasteiger partial charge in [0.2, 0.25) is 0 Å². The van der Waals surface area contributed by atoms with Crippen LogP contribution in [0.1, 0.15) is 20.3 Å². The molecule has 0 aliphatic carbocycles. The van der Waals surface area contributed by atoms with Crippen molar-refractivity contribution >= 4 is 5.82 Å². The maximum atomic E-state index is 5.83. The van der Waals surface area contributed by atoms with E-state index in [-0.39, 0.29) is 6.10 Å². The molecular weight excluding hydrogens is 226 g/mol. The summed E-state index contributed by atoms with van der Waals surface area (Å²) >= 11 is 0. The van der Waals surface area contributed by atoms with Crippen LogP contribution in [0, 0.1) is 5.92 Å². The number of anilines is 1. The Kier molecular flexibility index (Phi) is 4.42. The standard InChI is InChI=1S/C14H23N3O/c1-11(2)18-13-5-4-7-16-14(13)17-8-6-12(10-17)9-15-3/h4-5,7,11-12,15H,6,8-10H2,1-3H3. The van der Waals surface area contributed by atoms with E-state index in [4.69, 9.17) is 4.74 Å². The summed E-state index contributed by atoms with van der Waals surface area (Å²) in [6.45, 7) is 7.29. The summed E-state index contributed by atoms with van der Waals surface area (Å²) in [7, 11) is 2.01. The van der Waals surface area contributed by atoms with Gasteiger partial charge in [0.1, 0.15) is 0 Å². The number of aromatic nitrogens is 1. The van der Waals surface area contributed by atoms with E-state index in [0.29, 0.717) is 5.92 Å². The van der Waals surface area contributed by atoms with Crippen molar-refractivity contribution in [2.45, 2.75) is 26.4 Å². The van der Waals surface area contributed by atoms with Crippen LogP contribution in [0.3, 0.4) is 0 Å². The zero-order valence-electron chi connectivity index (χ0n) is 11.5. The van der Waals surface area contributed by atoms with Gasteiger partial charge in [0, 0.05) is 19.3 Å². The molecule has 0 radical (unpaired) electrons. The first-order valence-electron chi connectivity index (χ1n) is 6.72. The average Bonchev–Trinajstić information content (AvgIpc) is 2.78. The lowest BCUT2D eigenvalue weighted by Crippen LogP contribution is -2.25. The molecular formula is C14H23N3O. The molecule has 2 rings (SSSR count). The second-order valence-corrected chi connectivity index (χ2v) is 5.15. The molecule has 1 N–H and O–H groups in total. The Balaban J connectivity index is 2.09. The first-order chi connectivity index (χ1) is 8.70. The number of rotatable bonds is 5. The third-order valence-corrected chi connectivity index (χ3v) is 3.19. The molecule has 0 bridgehead atoms. The maximum absolute atomic E-state index is 5.83. The highest BCUT2D eigenvalue weighted by atomic mass is 16.5. The van der Waals surface area contributed by atoms with Gasteiger partial charge in [-0.3, -0.25) is 0 Å². The lowest BCUT2D eigenvalue weighted by atomic mass is 10.1. The first-order valence-corrected chi connectivity index (χ1v) is 6.72. The highest BCUT2D eigenvalue weighted by Gasteiger charge is 2.25. The van der Waals surface area contributed by atoms with Crippen LogP contribution < -0.4 is 15.0 Å². The summed E-state index contributed by atoms with van der Waals surface area (Å²) in [5.41, 5.74) is 0. The molecule has 2 heterocycles. The van der Waals surface area contributed by atoms with E-state index < -0.39 is 0 Å². The van der Waals surface area contributed by atoms with Gasteiger partial charge in [-0.1, -0.05) is 0 Å². The monoisotopic (exact) mass is 249 g/mol. The molecule has 1 aliphatic heterocycles. The fraction of sp³-hybridized carbons (Fsp3) is 0.643. The van der Waals surface area contributed by atoms with Crippen LogP contribution in [-0.4, -0.2) is 37.8 Å². The summed E-state index contributed by atoms with van der Waals surface area (Å²) in [5, 5.41) is 3.25. The van der Waals surface area contributed by atoms with Crippen molar-refractivity contribution in [1.82, 2.24) is 10.3 Å². The van der Waals surface area contributed by atoms with E-state index in [1.54, 1.807) is 0 Å². The number of nitrogens with one attached hydrogen (secondary N) is 1. The molecule has 0 aromatic carbocycles. The Morgan fingerprint density at radius 2 is 2.39 bits per heavy atom. The molecule has 0 spiro atoms. The Morgan fingerprint density at radius 1 is 1.56 bits per heavy atom. The van der Waals surface area contributed by atoms with Crippen LogP contribution in [0.2, 0.25) is 0 Å². The van der Waals surface area contributed by atoms with Gasteiger partial charge in [-0.2, -0.15) is 0 Å². The minimum atomic E-state index is 0.184. The Hall–Kier alpha value is -1.29. The number of nitrogens with zero attached hydrogens (tertiary/aromatic N) is 2. The van der Waals surface area contributed by atoms with Crippen molar-refractivity contribution in [3.8, 4) is 5.75 Å². The third kappa shape index (κ3) is 3.13. The molecule has 1 aromatic rings. The molecule has 4 heteroatoms. The second-order valence-electron chi connectivity index (χ2n) is 5.15. The SMILES string of the molecule is CNCC1CCN(c2ncccc2OC(C)C)C1. The fourth-order valence-corrected chi connectivity index (χ4v) is 2.45. The molecule has 1 aromatic heterocycles. The summed E-state index contributed by atoms with van der Waals surface area (Å²) in [6, 6.07) is 3.94. The summed E-state index contributed by atoms with van der Waals surface area (Å²) in [4.78, 5) is 6.82. The van der Waals surface area contributed by atoms with Crippen molar-refractivity contribution in [1.29, 1.82) is 0 Å². The zero-order valence-corrected chi connectivity index (χ0v) is 11.5. The minimum absolute atomic E-state index is 0.184. The van der Waals surface area contributed by atoms with Crippen molar-refractivity contribution in [2.24, 2.45) is 5.92 Å². The lowest BCUT2D eigenvalue weighted by Gasteiger charge is -2.21. The van der Waals surface area contributed by atoms with E-state index in [1.807, 2.05) is 39.2 Å². The van der Waals surface area contributed by atoms with E-state index in [2.05, 4.69) is 15.2 Å². The molecule has 4 nitrogen and oxygen atoms in total. The predicted molar refractivity (Wildman–Crippen MR) is 74.2 cm³/mol. The number of pyridine rings is 1. The summed E-state index contributed by atoms with van der Waals surface area (Å²) < 4.78 is 5.83. The average molecular weight is 249 g/mol. The van der Waals surface area contributed by atoms with Crippen LogP contribution in [0.25, 0.3) is 0 Å². The Labute approximate surface area is 109 Å². The van der Waals surface area contributed by atoms with Crippen LogP contribution in [0.4, 0.5) is 5.82 Å². The van der Waals surface area contributed by atoms with Gasteiger partial charge < -0.3 is 15.0 Å². The maximum Gasteiger partial charge on any atom is 0.171 e. The van der Waals surface area contributed by atoms with Crippen molar-refractivity contribution < 1.29 is 4.74 Å². The van der Waals surface area contributed by atoms with Gasteiger partial charge in [0.25, 0.3) is 0 Å². The van der Waals surface area contributed by atoms with Crippen molar-refractivity contribution in [2.75, 3.05) is 31.6 Å². The largest absolute Gasteiger partial charge is 0.487 e. The molecule has 1 saturated heterocycles. The third-order valence-electron chi connectivity index (χ3n) is 3.19. The topological polar surface area (TPSA) is 37.4 Å². The number of hydrogen-bond acceptors (Lipinski definition) is 4. The normalized spacial score (nSPS) is 19.6. The van der Waals surface area contributed by atoms with Crippen LogP contribution >= 0.6 is 0 Å². The van der Waals surface area contributed by atoms with Gasteiger partial charge >= 0.3 is 0 Å². The predicted octanol–water partition coefficient (Wildman–Crippen LogP) is 1.91. The smallest absolute Gasteiger partial charge is 0.171 e. The number of ether oxygens (including phenoxy) is 1. The van der Waals surface area contributed by atoms with Gasteiger partial charge in [-0.15, -0.1) is 0 Å². The van der Waals surface area contributed by atoms with E-state index in [0.717, 1.165) is 31.2 Å². The van der Waals surface area contributed by atoms with Gasteiger partial charge in [0.05, 0.1) is 6.10 Å². The molecule has 18 heavy (non-hydrogen) atoms. The summed E-state index contributed by atoms with van der Waals surface area (Å²) in [5.74, 6) is 2.60. The van der Waals surface area contributed by atoms with Gasteiger partial charge in [0.15, 0.2) is 11.6 Å². The molecule has 100 valence electrons. The van der Waals surface area contributed by atoms with E-state index in [9.17, 15) is 0 Å². The molecule has 1 aliphatic rings. The van der Waals surface area contributed by atoms with Crippen LogP contribution in [-0.2, 0) is 0 Å². The van der Waals surface area contributed by atoms with Crippen molar-refractivity contribution in [3.05, 3.63) is 18.3 Å². The molecule has 1 unspecified atom stereocenters. The summed E-state index contributed by atoms with van der Waals surface area (Å²) in [6.07, 6.45) is 3.25. The quantitative estimate of drug-likeness (QED) is 0.865. The molecule has 1 atom stereocenters. The minimum Gasteiger partial charge on any atom is -0.487 e. The fourth-order valence-electron chi connectivity index (χ4n) is 2.45. The van der Waals surface area contributed by atoms with E-state index >= 15 is 0 Å². The zero-order chi connectivity index (χ0) is 13.0. The van der Waals surface area contributed by atoms with E-state index in [1.165, 1.54) is 6.42 Å². The number of hydrogen-bond donors (Lipinski definition) is 1. The molecule has 0 amide bonds. The Morgan fingerprint density at radius 3 is 3.11 bits per heavy atom. The van der Waals surface area contributed by atoms with Crippen molar-refractivity contribution in [3.63, 3.8) is 0 Å². The molecule has 0 saturated carbocycles. The van der Waals surface area contributed by atoms with Gasteiger partial charge in [-0.05, 0) is 51.9 Å². The van der Waals surface area contributed by atoms with Gasteiger partial charge in [-0.25, -0.2) is 4.98 Å². The highest BCUT2D eigenvalue weighted by Crippen LogP contribution is 2.30. The Bertz CT molecular complexity index is 381. The molecule has 1 fully saturated rings. The van der Waals surface area contributed by atoms with Crippen LogP contribution in [0.5, 0.6) is 5.75 Å².